The number of hydrogen-bond acceptors (Lipinski definition) is 3. The van der Waals surface area contributed by atoms with Gasteiger partial charge in [-0.2, -0.15) is 0 Å². The second kappa shape index (κ2) is 6.54. The Hall–Kier alpha value is -0.960. The standard InChI is InChI=1S/C10H21N3/c1-5-7-8(3)10(6-2)13-12-9(4)11/h6,8,10,12-13H,2,4-5,7,11H2,1,3H3. The van der Waals surface area contributed by atoms with Crippen molar-refractivity contribution in [2.45, 2.75) is 32.7 Å². The Balaban J connectivity index is 3.86. The Morgan fingerprint density at radius 2 is 2.23 bits per heavy atom. The van der Waals surface area contributed by atoms with Gasteiger partial charge in [-0.1, -0.05) is 32.9 Å². The van der Waals surface area contributed by atoms with Crippen LogP contribution in [0.5, 0.6) is 0 Å². The molecule has 0 aliphatic rings. The van der Waals surface area contributed by atoms with E-state index in [9.17, 15) is 0 Å². The average Bonchev–Trinajstić information content (AvgIpc) is 2.05. The molecule has 0 aliphatic carbocycles. The van der Waals surface area contributed by atoms with E-state index in [4.69, 9.17) is 5.73 Å². The van der Waals surface area contributed by atoms with Gasteiger partial charge in [-0.3, -0.25) is 0 Å². The van der Waals surface area contributed by atoms with Crippen LogP contribution in [-0.4, -0.2) is 6.04 Å². The van der Waals surface area contributed by atoms with E-state index in [0.29, 0.717) is 11.7 Å². The van der Waals surface area contributed by atoms with Gasteiger partial charge >= 0.3 is 0 Å². The summed E-state index contributed by atoms with van der Waals surface area (Å²) in [7, 11) is 0. The molecule has 0 heterocycles. The lowest BCUT2D eigenvalue weighted by Gasteiger charge is -2.22. The third kappa shape index (κ3) is 5.31. The molecule has 0 amide bonds. The minimum absolute atomic E-state index is 0.236. The second-order valence-corrected chi connectivity index (χ2v) is 3.32. The van der Waals surface area contributed by atoms with Gasteiger partial charge in [-0.15, -0.1) is 6.58 Å². The molecule has 0 fully saturated rings. The van der Waals surface area contributed by atoms with Crippen LogP contribution in [0.2, 0.25) is 0 Å². The molecule has 3 heteroatoms. The zero-order valence-corrected chi connectivity index (χ0v) is 8.64. The minimum atomic E-state index is 0.236. The van der Waals surface area contributed by atoms with Crippen molar-refractivity contribution in [3.8, 4) is 0 Å². The molecule has 0 bridgehead atoms. The van der Waals surface area contributed by atoms with Crippen LogP contribution < -0.4 is 16.6 Å². The molecule has 2 atom stereocenters. The maximum atomic E-state index is 5.37. The number of hydrogen-bond donors (Lipinski definition) is 3. The molecule has 0 saturated carbocycles. The Labute approximate surface area is 81.1 Å². The predicted octanol–water partition coefficient (Wildman–Crippen LogP) is 1.50. The molecule has 0 spiro atoms. The van der Waals surface area contributed by atoms with Crippen LogP contribution in [-0.2, 0) is 0 Å². The van der Waals surface area contributed by atoms with E-state index in [1.807, 2.05) is 6.08 Å². The smallest absolute Gasteiger partial charge is 0.103 e. The Bertz CT molecular complexity index is 166. The summed E-state index contributed by atoms with van der Waals surface area (Å²) in [4.78, 5) is 0. The topological polar surface area (TPSA) is 50.1 Å². The van der Waals surface area contributed by atoms with E-state index in [1.54, 1.807) is 0 Å². The largest absolute Gasteiger partial charge is 0.385 e. The molecule has 2 unspecified atom stereocenters. The number of nitrogens with one attached hydrogen (secondary N) is 2. The van der Waals surface area contributed by atoms with Gasteiger partial charge in [0.15, 0.2) is 0 Å². The van der Waals surface area contributed by atoms with Crippen molar-refractivity contribution in [1.29, 1.82) is 0 Å². The van der Waals surface area contributed by atoms with Crippen molar-refractivity contribution in [3.63, 3.8) is 0 Å². The maximum absolute atomic E-state index is 5.37. The van der Waals surface area contributed by atoms with Gasteiger partial charge in [0.1, 0.15) is 5.82 Å². The molecule has 3 nitrogen and oxygen atoms in total. The van der Waals surface area contributed by atoms with Crippen LogP contribution in [0, 0.1) is 5.92 Å². The summed E-state index contributed by atoms with van der Waals surface area (Å²) in [6.45, 7) is 11.7. The van der Waals surface area contributed by atoms with Crippen LogP contribution in [0.15, 0.2) is 25.1 Å². The maximum Gasteiger partial charge on any atom is 0.103 e. The van der Waals surface area contributed by atoms with E-state index in [1.165, 1.54) is 12.8 Å². The Morgan fingerprint density at radius 1 is 1.62 bits per heavy atom. The first-order chi connectivity index (χ1) is 6.11. The SMILES string of the molecule is C=CC(NNC(=C)N)C(C)CCC. The van der Waals surface area contributed by atoms with E-state index in [0.717, 1.165) is 0 Å². The van der Waals surface area contributed by atoms with Crippen LogP contribution in [0.25, 0.3) is 0 Å². The molecule has 0 aromatic carbocycles. The summed E-state index contributed by atoms with van der Waals surface area (Å²) in [6.07, 6.45) is 4.23. The first-order valence-electron chi connectivity index (χ1n) is 4.70. The summed E-state index contributed by atoms with van der Waals surface area (Å²) in [6, 6.07) is 0.236. The number of rotatable bonds is 7. The zero-order chi connectivity index (χ0) is 10.3. The van der Waals surface area contributed by atoms with E-state index >= 15 is 0 Å². The molecule has 0 rings (SSSR count). The van der Waals surface area contributed by atoms with Crippen LogP contribution in [0.4, 0.5) is 0 Å². The fourth-order valence-electron chi connectivity index (χ4n) is 1.24. The minimum Gasteiger partial charge on any atom is -0.385 e. The zero-order valence-electron chi connectivity index (χ0n) is 8.64. The van der Waals surface area contributed by atoms with Gasteiger partial charge in [0.25, 0.3) is 0 Å². The fraction of sp³-hybridized carbons (Fsp3) is 0.600. The van der Waals surface area contributed by atoms with Crippen molar-refractivity contribution in [1.82, 2.24) is 10.9 Å². The second-order valence-electron chi connectivity index (χ2n) is 3.32. The molecule has 0 aliphatic heterocycles. The van der Waals surface area contributed by atoms with Gasteiger partial charge in [0.05, 0.1) is 0 Å². The summed E-state index contributed by atoms with van der Waals surface area (Å²) < 4.78 is 0. The van der Waals surface area contributed by atoms with Crippen LogP contribution in [0.3, 0.4) is 0 Å². The molecule has 13 heavy (non-hydrogen) atoms. The Kier molecular flexibility index (Phi) is 6.06. The first-order valence-corrected chi connectivity index (χ1v) is 4.70. The highest BCUT2D eigenvalue weighted by molar-refractivity contribution is 4.91. The lowest BCUT2D eigenvalue weighted by Crippen LogP contribution is -2.44. The Morgan fingerprint density at radius 3 is 2.62 bits per heavy atom. The van der Waals surface area contributed by atoms with Crippen molar-refractivity contribution in [2.24, 2.45) is 11.7 Å². The van der Waals surface area contributed by atoms with Gasteiger partial charge in [-0.25, -0.2) is 5.43 Å². The summed E-state index contributed by atoms with van der Waals surface area (Å²) in [5.74, 6) is 0.977. The fourth-order valence-corrected chi connectivity index (χ4v) is 1.24. The van der Waals surface area contributed by atoms with E-state index in [-0.39, 0.29) is 6.04 Å². The number of nitrogens with two attached hydrogens (primary N) is 1. The molecular weight excluding hydrogens is 162 g/mol. The highest BCUT2D eigenvalue weighted by atomic mass is 15.4. The quantitative estimate of drug-likeness (QED) is 0.414. The van der Waals surface area contributed by atoms with Crippen molar-refractivity contribution >= 4 is 0 Å². The lowest BCUT2D eigenvalue weighted by molar-refractivity contribution is 0.380. The normalized spacial score (nSPS) is 14.6. The number of hydrazine groups is 1. The third-order valence-corrected chi connectivity index (χ3v) is 2.01. The third-order valence-electron chi connectivity index (χ3n) is 2.01. The monoisotopic (exact) mass is 183 g/mol. The molecular formula is C10H21N3. The van der Waals surface area contributed by atoms with Crippen LogP contribution >= 0.6 is 0 Å². The van der Waals surface area contributed by atoms with Gasteiger partial charge < -0.3 is 11.2 Å². The predicted molar refractivity (Wildman–Crippen MR) is 57.7 cm³/mol. The molecule has 0 aromatic heterocycles. The van der Waals surface area contributed by atoms with Gasteiger partial charge in [0, 0.05) is 6.04 Å². The molecule has 0 radical (unpaired) electrons. The van der Waals surface area contributed by atoms with Gasteiger partial charge in [-0.05, 0) is 12.3 Å². The van der Waals surface area contributed by atoms with Crippen molar-refractivity contribution < 1.29 is 0 Å². The molecule has 0 aromatic rings. The van der Waals surface area contributed by atoms with Crippen molar-refractivity contribution in [3.05, 3.63) is 25.1 Å². The molecule has 76 valence electrons. The lowest BCUT2D eigenvalue weighted by atomic mass is 9.98. The summed E-state index contributed by atoms with van der Waals surface area (Å²) >= 11 is 0. The van der Waals surface area contributed by atoms with Crippen molar-refractivity contribution in [2.75, 3.05) is 0 Å². The highest BCUT2D eigenvalue weighted by Gasteiger charge is 2.11. The average molecular weight is 183 g/mol. The molecule has 4 N–H and O–H groups in total. The highest BCUT2D eigenvalue weighted by Crippen LogP contribution is 2.10. The van der Waals surface area contributed by atoms with Gasteiger partial charge in [0.2, 0.25) is 0 Å². The van der Waals surface area contributed by atoms with E-state index in [2.05, 4.69) is 37.9 Å². The summed E-state index contributed by atoms with van der Waals surface area (Å²) in [5.41, 5.74) is 11.2. The summed E-state index contributed by atoms with van der Waals surface area (Å²) in [5, 5.41) is 0. The molecule has 0 saturated heterocycles. The first kappa shape index (κ1) is 12.0. The van der Waals surface area contributed by atoms with Crippen LogP contribution in [0.1, 0.15) is 26.7 Å². The van der Waals surface area contributed by atoms with E-state index < -0.39 is 0 Å².